The molecule has 0 saturated carbocycles. The summed E-state index contributed by atoms with van der Waals surface area (Å²) in [7, 11) is 5.32. The van der Waals surface area contributed by atoms with Crippen LogP contribution in [-0.2, 0) is 9.59 Å². The molecule has 1 fully saturated rings. The second-order valence-corrected chi connectivity index (χ2v) is 8.91. The predicted molar refractivity (Wildman–Crippen MR) is 134 cm³/mol. The van der Waals surface area contributed by atoms with E-state index in [1.165, 1.54) is 12.0 Å². The van der Waals surface area contributed by atoms with Gasteiger partial charge in [0.1, 0.15) is 19.0 Å². The minimum atomic E-state index is -0.799. The molecule has 2 aliphatic heterocycles. The number of fused-ring (bicyclic) bond motifs is 1. The van der Waals surface area contributed by atoms with Crippen molar-refractivity contribution in [2.24, 2.45) is 0 Å². The summed E-state index contributed by atoms with van der Waals surface area (Å²) in [5.74, 6) is 0.422. The number of methoxy groups -OCH3 is 1. The van der Waals surface area contributed by atoms with Crippen LogP contribution in [-0.4, -0.2) is 80.7 Å². The molecule has 0 spiro atoms. The molecular formula is C27H32N2O7. The molecule has 1 atom stereocenters. The van der Waals surface area contributed by atoms with Crippen LogP contribution in [0, 0.1) is 0 Å². The Balaban J connectivity index is 1.82. The largest absolute Gasteiger partial charge is 0.507 e. The van der Waals surface area contributed by atoms with Crippen LogP contribution in [0.1, 0.15) is 30.5 Å². The van der Waals surface area contributed by atoms with Gasteiger partial charge in [0.05, 0.1) is 25.3 Å². The summed E-state index contributed by atoms with van der Waals surface area (Å²) in [6, 6.07) is 9.47. The number of likely N-dealkylation sites (N-methyl/N-ethyl adjacent to an activating group) is 1. The summed E-state index contributed by atoms with van der Waals surface area (Å²) in [4.78, 5) is 29.9. The number of ketones is 1. The second-order valence-electron chi connectivity index (χ2n) is 8.91. The molecule has 0 aliphatic carbocycles. The van der Waals surface area contributed by atoms with Gasteiger partial charge < -0.3 is 33.9 Å². The van der Waals surface area contributed by atoms with Gasteiger partial charge in [0.25, 0.3) is 11.7 Å². The van der Waals surface area contributed by atoms with Crippen molar-refractivity contribution in [3.05, 3.63) is 53.1 Å². The van der Waals surface area contributed by atoms with Crippen LogP contribution in [0.4, 0.5) is 0 Å². The number of aliphatic hydroxyl groups excluding tert-OH is 1. The van der Waals surface area contributed by atoms with E-state index >= 15 is 0 Å². The molecule has 0 aromatic heterocycles. The fourth-order valence-corrected chi connectivity index (χ4v) is 4.30. The molecule has 36 heavy (non-hydrogen) atoms. The Morgan fingerprint density at radius 1 is 1.08 bits per heavy atom. The topological polar surface area (TPSA) is 97.8 Å². The maximum Gasteiger partial charge on any atom is 0.295 e. The van der Waals surface area contributed by atoms with E-state index in [-0.39, 0.29) is 11.3 Å². The lowest BCUT2D eigenvalue weighted by Gasteiger charge is -2.27. The number of carbonyl (C=O) groups excluding carboxylic acids is 2. The molecule has 1 saturated heterocycles. The molecule has 0 radical (unpaired) electrons. The lowest BCUT2D eigenvalue weighted by atomic mass is 9.94. The summed E-state index contributed by atoms with van der Waals surface area (Å²) in [6.07, 6.45) is 0.838. The molecular weight excluding hydrogens is 464 g/mol. The zero-order chi connectivity index (χ0) is 25.8. The number of Topliss-reactive ketones (excluding diaryl/α,β-unsaturated/α-hetero) is 1. The first-order valence-corrected chi connectivity index (χ1v) is 12.0. The number of likely N-dealkylation sites (tertiary alicyclic amines) is 1. The first-order valence-electron chi connectivity index (χ1n) is 12.0. The first-order chi connectivity index (χ1) is 17.3. The lowest BCUT2D eigenvalue weighted by molar-refractivity contribution is -0.140. The van der Waals surface area contributed by atoms with Crippen molar-refractivity contribution < 1.29 is 33.6 Å². The Morgan fingerprint density at radius 2 is 1.83 bits per heavy atom. The molecule has 9 heteroatoms. The summed E-state index contributed by atoms with van der Waals surface area (Å²) < 4.78 is 22.5. The molecule has 1 amide bonds. The van der Waals surface area contributed by atoms with E-state index in [0.29, 0.717) is 67.0 Å². The Bertz CT molecular complexity index is 1170. The number of carbonyl (C=O) groups is 2. The van der Waals surface area contributed by atoms with Gasteiger partial charge in [-0.15, -0.1) is 0 Å². The van der Waals surface area contributed by atoms with E-state index in [0.717, 1.165) is 6.42 Å². The number of rotatable bonds is 9. The van der Waals surface area contributed by atoms with Crippen LogP contribution < -0.4 is 18.9 Å². The third kappa shape index (κ3) is 4.97. The second kappa shape index (κ2) is 10.9. The first kappa shape index (κ1) is 25.4. The highest BCUT2D eigenvalue weighted by Gasteiger charge is 2.46. The monoisotopic (exact) mass is 496 g/mol. The van der Waals surface area contributed by atoms with Gasteiger partial charge in [0.15, 0.2) is 23.0 Å². The molecule has 0 bridgehead atoms. The smallest absolute Gasteiger partial charge is 0.295 e. The van der Waals surface area contributed by atoms with Crippen LogP contribution in [0.25, 0.3) is 5.76 Å². The van der Waals surface area contributed by atoms with Gasteiger partial charge in [0, 0.05) is 18.7 Å². The van der Waals surface area contributed by atoms with Gasteiger partial charge in [-0.3, -0.25) is 9.59 Å². The van der Waals surface area contributed by atoms with Gasteiger partial charge in [-0.25, -0.2) is 0 Å². The highest BCUT2D eigenvalue weighted by molar-refractivity contribution is 6.46. The van der Waals surface area contributed by atoms with E-state index < -0.39 is 17.7 Å². The molecule has 2 aromatic rings. The van der Waals surface area contributed by atoms with E-state index in [2.05, 4.69) is 0 Å². The Kier molecular flexibility index (Phi) is 7.69. The molecule has 2 heterocycles. The van der Waals surface area contributed by atoms with E-state index in [9.17, 15) is 14.7 Å². The molecule has 1 N–H and O–H groups in total. The van der Waals surface area contributed by atoms with Crippen molar-refractivity contribution in [3.8, 4) is 23.0 Å². The number of hydrogen-bond acceptors (Lipinski definition) is 8. The van der Waals surface area contributed by atoms with Crippen LogP contribution >= 0.6 is 0 Å². The van der Waals surface area contributed by atoms with Crippen LogP contribution in [0.3, 0.4) is 0 Å². The zero-order valence-electron chi connectivity index (χ0n) is 21.1. The quantitative estimate of drug-likeness (QED) is 0.321. The molecule has 0 unspecified atom stereocenters. The van der Waals surface area contributed by atoms with Crippen molar-refractivity contribution in [1.29, 1.82) is 0 Å². The number of amides is 1. The average molecular weight is 497 g/mol. The predicted octanol–water partition coefficient (Wildman–Crippen LogP) is 3.24. The lowest BCUT2D eigenvalue weighted by Crippen LogP contribution is -2.35. The Morgan fingerprint density at radius 3 is 2.53 bits per heavy atom. The van der Waals surface area contributed by atoms with Gasteiger partial charge >= 0.3 is 0 Å². The Hall–Kier alpha value is -3.72. The third-order valence-electron chi connectivity index (χ3n) is 6.11. The van der Waals surface area contributed by atoms with Gasteiger partial charge in [0.2, 0.25) is 0 Å². The van der Waals surface area contributed by atoms with Crippen LogP contribution in [0.2, 0.25) is 0 Å². The third-order valence-corrected chi connectivity index (χ3v) is 6.11. The molecule has 9 nitrogen and oxygen atoms in total. The number of ether oxygens (including phenoxy) is 4. The fourth-order valence-electron chi connectivity index (χ4n) is 4.30. The van der Waals surface area contributed by atoms with E-state index in [1.807, 2.05) is 25.9 Å². The minimum Gasteiger partial charge on any atom is -0.507 e. The van der Waals surface area contributed by atoms with Crippen molar-refractivity contribution in [2.75, 3.05) is 54.1 Å². The van der Waals surface area contributed by atoms with Crippen LogP contribution in [0.15, 0.2) is 42.0 Å². The number of hydrogen-bond donors (Lipinski definition) is 1. The zero-order valence-corrected chi connectivity index (χ0v) is 21.1. The molecule has 2 aliphatic rings. The molecule has 192 valence electrons. The summed E-state index contributed by atoms with van der Waals surface area (Å²) in [6.45, 7) is 4.21. The summed E-state index contributed by atoms with van der Waals surface area (Å²) >= 11 is 0. The molecule has 4 rings (SSSR count). The number of aliphatic hydroxyl groups is 1. The van der Waals surface area contributed by atoms with Crippen molar-refractivity contribution >= 4 is 17.4 Å². The maximum atomic E-state index is 13.3. The minimum absolute atomic E-state index is 0.0136. The summed E-state index contributed by atoms with van der Waals surface area (Å²) in [5, 5.41) is 11.4. The van der Waals surface area contributed by atoms with E-state index in [4.69, 9.17) is 18.9 Å². The fraction of sp³-hybridized carbons (Fsp3) is 0.407. The molecule has 2 aromatic carbocycles. The summed E-state index contributed by atoms with van der Waals surface area (Å²) in [5.41, 5.74) is 1.01. The van der Waals surface area contributed by atoms with Gasteiger partial charge in [-0.05, 0) is 56.4 Å². The van der Waals surface area contributed by atoms with Gasteiger partial charge in [-0.2, -0.15) is 0 Å². The highest BCUT2D eigenvalue weighted by Crippen LogP contribution is 2.43. The standard InChI is InChI=1S/C27H32N2O7/c1-5-12-34-19-8-6-17(15-21(19)33-4)24-23(26(31)27(32)29(24)11-10-28(2)3)25(30)18-7-9-20-22(16-18)36-14-13-35-20/h6-9,15-16,24,30H,5,10-14H2,1-4H3/t24-/m0/s1. The Labute approximate surface area is 210 Å². The number of benzene rings is 2. The maximum absolute atomic E-state index is 13.3. The van der Waals surface area contributed by atoms with Crippen molar-refractivity contribution in [2.45, 2.75) is 19.4 Å². The average Bonchev–Trinajstić information content (AvgIpc) is 3.14. The van der Waals surface area contributed by atoms with Crippen molar-refractivity contribution in [3.63, 3.8) is 0 Å². The van der Waals surface area contributed by atoms with Gasteiger partial charge in [-0.1, -0.05) is 13.0 Å². The van der Waals surface area contributed by atoms with E-state index in [1.54, 1.807) is 36.4 Å². The number of nitrogens with zero attached hydrogens (tertiary/aromatic N) is 2. The van der Waals surface area contributed by atoms with Crippen LogP contribution in [0.5, 0.6) is 23.0 Å². The van der Waals surface area contributed by atoms with Crippen molar-refractivity contribution in [1.82, 2.24) is 9.80 Å². The SMILES string of the molecule is CCCOc1ccc([C@H]2C(=C(O)c3ccc4c(c3)OCCO4)C(=O)C(=O)N2CCN(C)C)cc1OC. The normalized spacial score (nSPS) is 18.6. The highest BCUT2D eigenvalue weighted by atomic mass is 16.6.